The second-order valence-corrected chi connectivity index (χ2v) is 5.40. The number of hydrogen-bond donors (Lipinski definition) is 2. The number of carboxylic acids is 1. The number of amides is 1. The number of carbonyl (C=O) groups is 2. The third-order valence-electron chi connectivity index (χ3n) is 3.28. The first-order valence-corrected chi connectivity index (χ1v) is 6.87. The first kappa shape index (κ1) is 15.3. The molecule has 0 radical (unpaired) electrons. The molecule has 1 aromatic rings. The molecule has 0 bridgehead atoms. The molecule has 0 spiro atoms. The van der Waals surface area contributed by atoms with Crippen molar-refractivity contribution in [3.8, 4) is 5.75 Å². The monoisotopic (exact) mass is 293 g/mol. The molecule has 0 saturated carbocycles. The Labute approximate surface area is 122 Å². The topological polar surface area (TPSA) is 87.1 Å². The lowest BCUT2D eigenvalue weighted by Gasteiger charge is -2.21. The fourth-order valence-corrected chi connectivity index (χ4v) is 2.41. The third kappa shape index (κ3) is 3.52. The van der Waals surface area contributed by atoms with Gasteiger partial charge in [-0.3, -0.25) is 4.79 Å². The molecule has 6 heteroatoms. The Hall–Kier alpha value is -2.08. The van der Waals surface area contributed by atoms with Crippen molar-refractivity contribution < 1.29 is 24.5 Å². The number of benzene rings is 1. The van der Waals surface area contributed by atoms with Gasteiger partial charge in [0.15, 0.2) is 0 Å². The largest absolute Gasteiger partial charge is 0.491 e. The molecule has 0 aromatic heterocycles. The number of nitrogens with zero attached hydrogens (tertiary/aromatic N) is 1. The van der Waals surface area contributed by atoms with Crippen LogP contribution >= 0.6 is 0 Å². The number of hydrogen-bond acceptors (Lipinski definition) is 4. The highest BCUT2D eigenvalue weighted by atomic mass is 16.5. The first-order chi connectivity index (χ1) is 9.88. The van der Waals surface area contributed by atoms with Gasteiger partial charge in [0.1, 0.15) is 11.8 Å². The van der Waals surface area contributed by atoms with Crippen LogP contribution in [0.1, 0.15) is 30.6 Å². The first-order valence-electron chi connectivity index (χ1n) is 6.87. The predicted molar refractivity (Wildman–Crippen MR) is 75.3 cm³/mol. The number of aliphatic hydroxyl groups is 1. The van der Waals surface area contributed by atoms with Gasteiger partial charge in [-0.05, 0) is 32.0 Å². The summed E-state index contributed by atoms with van der Waals surface area (Å²) in [5.41, 5.74) is 0.355. The van der Waals surface area contributed by atoms with Crippen LogP contribution in [-0.2, 0) is 4.79 Å². The number of β-amino-alcohol motifs (C(OH)–C–C–N with tert-alkyl or cyclic N) is 1. The zero-order valence-electron chi connectivity index (χ0n) is 12.0. The highest BCUT2D eigenvalue weighted by molar-refractivity contribution is 5.97. The van der Waals surface area contributed by atoms with Gasteiger partial charge in [-0.15, -0.1) is 0 Å². The van der Waals surface area contributed by atoms with E-state index in [-0.39, 0.29) is 19.1 Å². The van der Waals surface area contributed by atoms with Crippen LogP contribution in [0.4, 0.5) is 0 Å². The number of aliphatic hydroxyl groups excluding tert-OH is 1. The summed E-state index contributed by atoms with van der Waals surface area (Å²) in [6, 6.07) is 5.64. The third-order valence-corrected chi connectivity index (χ3v) is 3.28. The number of likely N-dealkylation sites (tertiary alicyclic amines) is 1. The van der Waals surface area contributed by atoms with Gasteiger partial charge >= 0.3 is 5.97 Å². The molecule has 1 aliphatic heterocycles. The molecule has 6 nitrogen and oxygen atoms in total. The van der Waals surface area contributed by atoms with E-state index in [1.54, 1.807) is 24.3 Å². The summed E-state index contributed by atoms with van der Waals surface area (Å²) in [5.74, 6) is -0.954. The maximum Gasteiger partial charge on any atom is 0.326 e. The molecule has 114 valence electrons. The van der Waals surface area contributed by atoms with Crippen molar-refractivity contribution in [2.45, 2.75) is 38.5 Å². The maximum atomic E-state index is 12.4. The molecular formula is C15H19NO5. The molecule has 0 aliphatic carbocycles. The zero-order chi connectivity index (χ0) is 15.6. The molecule has 1 aliphatic rings. The van der Waals surface area contributed by atoms with Gasteiger partial charge in [-0.2, -0.15) is 0 Å². The van der Waals surface area contributed by atoms with Crippen LogP contribution in [-0.4, -0.2) is 51.8 Å². The van der Waals surface area contributed by atoms with Gasteiger partial charge in [0.05, 0.1) is 12.2 Å². The number of carbonyl (C=O) groups excluding carboxylic acids is 1. The molecule has 1 fully saturated rings. The van der Waals surface area contributed by atoms with Gasteiger partial charge in [-0.25, -0.2) is 4.79 Å². The van der Waals surface area contributed by atoms with Gasteiger partial charge in [0, 0.05) is 18.5 Å². The molecule has 2 atom stereocenters. The van der Waals surface area contributed by atoms with Crippen molar-refractivity contribution in [3.63, 3.8) is 0 Å². The van der Waals surface area contributed by atoms with Crippen molar-refractivity contribution in [1.29, 1.82) is 0 Å². The van der Waals surface area contributed by atoms with E-state index in [4.69, 9.17) is 9.84 Å². The second kappa shape index (κ2) is 6.13. The molecule has 1 saturated heterocycles. The van der Waals surface area contributed by atoms with Crippen molar-refractivity contribution in [2.24, 2.45) is 0 Å². The summed E-state index contributed by atoms with van der Waals surface area (Å²) in [7, 11) is 0. The lowest BCUT2D eigenvalue weighted by atomic mass is 10.1. The van der Waals surface area contributed by atoms with E-state index in [2.05, 4.69) is 0 Å². The van der Waals surface area contributed by atoms with Crippen LogP contribution < -0.4 is 4.74 Å². The van der Waals surface area contributed by atoms with E-state index in [9.17, 15) is 14.7 Å². The predicted octanol–water partition coefficient (Wildman–Crippen LogP) is 1.13. The van der Waals surface area contributed by atoms with Crippen LogP contribution in [0.25, 0.3) is 0 Å². The van der Waals surface area contributed by atoms with Gasteiger partial charge in [0.2, 0.25) is 0 Å². The van der Waals surface area contributed by atoms with E-state index in [0.29, 0.717) is 11.3 Å². The summed E-state index contributed by atoms with van der Waals surface area (Å²) in [5, 5.41) is 18.7. The van der Waals surface area contributed by atoms with Crippen LogP contribution in [0.2, 0.25) is 0 Å². The SMILES string of the molecule is CC(C)Oc1cccc(C(=O)N2C[C@H](O)C[C@H]2C(=O)O)c1. The lowest BCUT2D eigenvalue weighted by Crippen LogP contribution is -2.40. The number of rotatable bonds is 4. The molecule has 21 heavy (non-hydrogen) atoms. The van der Waals surface area contributed by atoms with Crippen molar-refractivity contribution in [1.82, 2.24) is 4.90 Å². The summed E-state index contributed by atoms with van der Waals surface area (Å²) >= 11 is 0. The highest BCUT2D eigenvalue weighted by Gasteiger charge is 2.39. The standard InChI is InChI=1S/C15H19NO5/c1-9(2)21-12-5-3-4-10(6-12)14(18)16-8-11(17)7-13(16)15(19)20/h3-6,9,11,13,17H,7-8H2,1-2H3,(H,19,20)/t11-,13+/m1/s1. The minimum Gasteiger partial charge on any atom is -0.491 e. The average Bonchev–Trinajstić information content (AvgIpc) is 2.80. The maximum absolute atomic E-state index is 12.4. The average molecular weight is 293 g/mol. The summed E-state index contributed by atoms with van der Waals surface area (Å²) in [4.78, 5) is 24.8. The molecular weight excluding hydrogens is 274 g/mol. The second-order valence-electron chi connectivity index (χ2n) is 5.40. The Kier molecular flexibility index (Phi) is 4.47. The normalized spacial score (nSPS) is 21.6. The van der Waals surface area contributed by atoms with E-state index < -0.39 is 24.0 Å². The molecule has 2 N–H and O–H groups in total. The molecule has 0 unspecified atom stereocenters. The van der Waals surface area contributed by atoms with Gasteiger partial charge in [0.25, 0.3) is 5.91 Å². The lowest BCUT2D eigenvalue weighted by molar-refractivity contribution is -0.141. The smallest absolute Gasteiger partial charge is 0.326 e. The fraction of sp³-hybridized carbons (Fsp3) is 0.467. The van der Waals surface area contributed by atoms with Crippen molar-refractivity contribution in [3.05, 3.63) is 29.8 Å². The van der Waals surface area contributed by atoms with Gasteiger partial charge in [-0.1, -0.05) is 6.07 Å². The van der Waals surface area contributed by atoms with Crippen LogP contribution in [0, 0.1) is 0 Å². The van der Waals surface area contributed by atoms with E-state index in [1.807, 2.05) is 13.8 Å². The minimum atomic E-state index is -1.10. The van der Waals surface area contributed by atoms with E-state index in [1.165, 1.54) is 4.90 Å². The Morgan fingerprint density at radius 2 is 2.10 bits per heavy atom. The Balaban J connectivity index is 2.21. The molecule has 2 rings (SSSR count). The van der Waals surface area contributed by atoms with Crippen molar-refractivity contribution >= 4 is 11.9 Å². The van der Waals surface area contributed by atoms with Crippen molar-refractivity contribution in [2.75, 3.05) is 6.54 Å². The minimum absolute atomic E-state index is 0.0178. The van der Waals surface area contributed by atoms with E-state index in [0.717, 1.165) is 0 Å². The van der Waals surface area contributed by atoms with Crippen LogP contribution in [0.15, 0.2) is 24.3 Å². The molecule has 1 heterocycles. The summed E-state index contributed by atoms with van der Waals surface area (Å²) in [6.45, 7) is 3.79. The number of carboxylic acid groups (broad SMARTS) is 1. The quantitative estimate of drug-likeness (QED) is 0.869. The van der Waals surface area contributed by atoms with Crippen LogP contribution in [0.3, 0.4) is 0 Å². The number of ether oxygens (including phenoxy) is 1. The Morgan fingerprint density at radius 1 is 1.38 bits per heavy atom. The van der Waals surface area contributed by atoms with E-state index >= 15 is 0 Å². The summed E-state index contributed by atoms with van der Waals surface area (Å²) < 4.78 is 5.53. The highest BCUT2D eigenvalue weighted by Crippen LogP contribution is 2.23. The molecule has 1 aromatic carbocycles. The molecule has 1 amide bonds. The Bertz CT molecular complexity index is 543. The summed E-state index contributed by atoms with van der Waals surface area (Å²) in [6.07, 6.45) is -0.760. The zero-order valence-corrected chi connectivity index (χ0v) is 12.0. The Morgan fingerprint density at radius 3 is 2.71 bits per heavy atom. The van der Waals surface area contributed by atoms with Gasteiger partial charge < -0.3 is 19.8 Å². The fourth-order valence-electron chi connectivity index (χ4n) is 2.41. The van der Waals surface area contributed by atoms with Crippen LogP contribution in [0.5, 0.6) is 5.75 Å². The number of aliphatic carboxylic acids is 1.